The molecule has 1 aromatic heterocycles. The van der Waals surface area contributed by atoms with Crippen molar-refractivity contribution in [1.29, 1.82) is 0 Å². The van der Waals surface area contributed by atoms with Gasteiger partial charge in [0.1, 0.15) is 5.75 Å². The van der Waals surface area contributed by atoms with Gasteiger partial charge in [-0.05, 0) is 17.7 Å². The summed E-state index contributed by atoms with van der Waals surface area (Å²) in [6.45, 7) is -2.84. The van der Waals surface area contributed by atoms with Gasteiger partial charge < -0.3 is 10.5 Å². The van der Waals surface area contributed by atoms with E-state index >= 15 is 0 Å². The first kappa shape index (κ1) is 13.8. The Balaban J connectivity index is 2.23. The van der Waals surface area contributed by atoms with Crippen LogP contribution in [-0.2, 0) is 7.05 Å². The molecule has 1 heterocycles. The van der Waals surface area contributed by atoms with Gasteiger partial charge in [-0.25, -0.2) is 0 Å². The topological polar surface area (TPSA) is 53.1 Å². The molecule has 0 aliphatic carbocycles. The van der Waals surface area contributed by atoms with Crippen LogP contribution in [0, 0.1) is 0 Å². The monoisotopic (exact) mass is 287 g/mol. The maximum atomic E-state index is 12.0. The Morgan fingerprint density at radius 3 is 2.42 bits per heavy atom. The van der Waals surface area contributed by atoms with Crippen LogP contribution in [0.2, 0.25) is 5.02 Å². The van der Waals surface area contributed by atoms with E-state index < -0.39 is 12.7 Å². The van der Waals surface area contributed by atoms with Crippen molar-refractivity contribution in [3.63, 3.8) is 0 Å². The van der Waals surface area contributed by atoms with E-state index in [-0.39, 0.29) is 5.75 Å². The molecule has 0 radical (unpaired) electrons. The first-order valence-corrected chi connectivity index (χ1v) is 5.84. The lowest BCUT2D eigenvalue weighted by atomic mass is 10.0. The molecule has 1 aromatic carbocycles. The number of hydrogen-bond donors (Lipinski definition) is 1. The van der Waals surface area contributed by atoms with Crippen molar-refractivity contribution in [1.82, 2.24) is 9.78 Å². The van der Waals surface area contributed by atoms with Gasteiger partial charge >= 0.3 is 6.61 Å². The van der Waals surface area contributed by atoms with Gasteiger partial charge in [-0.1, -0.05) is 23.7 Å². The molecule has 0 amide bonds. The number of rotatable bonds is 4. The summed E-state index contributed by atoms with van der Waals surface area (Å²) >= 11 is 6.00. The summed E-state index contributed by atoms with van der Waals surface area (Å²) in [4.78, 5) is 0. The number of ether oxygens (including phenoxy) is 1. The second kappa shape index (κ2) is 5.54. The van der Waals surface area contributed by atoms with Crippen LogP contribution in [-0.4, -0.2) is 16.4 Å². The minimum Gasteiger partial charge on any atom is -0.435 e. The molecule has 2 rings (SSSR count). The Kier molecular flexibility index (Phi) is 4.01. The molecule has 0 saturated heterocycles. The zero-order valence-electron chi connectivity index (χ0n) is 10.1. The number of aromatic nitrogens is 2. The van der Waals surface area contributed by atoms with E-state index in [1.807, 2.05) is 0 Å². The van der Waals surface area contributed by atoms with Crippen LogP contribution in [0.3, 0.4) is 0 Å². The van der Waals surface area contributed by atoms with Crippen LogP contribution >= 0.6 is 11.6 Å². The third kappa shape index (κ3) is 3.02. The van der Waals surface area contributed by atoms with Crippen LogP contribution in [0.15, 0.2) is 30.5 Å². The van der Waals surface area contributed by atoms with Crippen LogP contribution in [0.4, 0.5) is 8.78 Å². The molecule has 0 aliphatic heterocycles. The standard InChI is InChI=1S/C12H12ClF2N3O/c1-18-11(9(13)6-17-18)10(16)7-2-4-8(5-3-7)19-12(14)15/h2-6,10,12H,16H2,1H3. The minimum absolute atomic E-state index is 0.0852. The highest BCUT2D eigenvalue weighted by Crippen LogP contribution is 2.27. The highest BCUT2D eigenvalue weighted by molar-refractivity contribution is 6.31. The smallest absolute Gasteiger partial charge is 0.387 e. The number of nitrogens with zero attached hydrogens (tertiary/aromatic N) is 2. The Labute approximate surface area is 113 Å². The summed E-state index contributed by atoms with van der Waals surface area (Å²) in [5, 5.41) is 4.46. The molecule has 2 aromatic rings. The first-order chi connectivity index (χ1) is 8.99. The molecule has 0 bridgehead atoms. The normalized spacial score (nSPS) is 12.7. The van der Waals surface area contributed by atoms with Gasteiger partial charge in [-0.15, -0.1) is 0 Å². The fourth-order valence-corrected chi connectivity index (χ4v) is 2.07. The molecule has 0 aliphatic rings. The highest BCUT2D eigenvalue weighted by atomic mass is 35.5. The maximum Gasteiger partial charge on any atom is 0.387 e. The second-order valence-electron chi connectivity index (χ2n) is 3.93. The number of hydrogen-bond acceptors (Lipinski definition) is 3. The molecule has 0 fully saturated rings. The Morgan fingerprint density at radius 1 is 1.32 bits per heavy atom. The Morgan fingerprint density at radius 2 is 1.95 bits per heavy atom. The lowest BCUT2D eigenvalue weighted by Gasteiger charge is -2.14. The van der Waals surface area contributed by atoms with E-state index in [0.29, 0.717) is 10.7 Å². The molecule has 4 nitrogen and oxygen atoms in total. The molecular formula is C12H12ClF2N3O. The van der Waals surface area contributed by atoms with E-state index in [2.05, 4.69) is 9.84 Å². The molecule has 7 heteroatoms. The van der Waals surface area contributed by atoms with Crippen LogP contribution in [0.1, 0.15) is 17.3 Å². The predicted molar refractivity (Wildman–Crippen MR) is 67.3 cm³/mol. The third-order valence-electron chi connectivity index (χ3n) is 2.70. The van der Waals surface area contributed by atoms with Gasteiger partial charge in [0.2, 0.25) is 0 Å². The summed E-state index contributed by atoms with van der Waals surface area (Å²) in [5.74, 6) is 0.0852. The number of benzene rings is 1. The molecule has 0 saturated carbocycles. The molecule has 2 N–H and O–H groups in total. The molecule has 0 spiro atoms. The molecular weight excluding hydrogens is 276 g/mol. The van der Waals surface area contributed by atoms with Crippen molar-refractivity contribution in [2.45, 2.75) is 12.7 Å². The average molecular weight is 288 g/mol. The molecule has 1 atom stereocenters. The molecule has 19 heavy (non-hydrogen) atoms. The summed E-state index contributed by atoms with van der Waals surface area (Å²) in [7, 11) is 1.73. The van der Waals surface area contributed by atoms with Crippen LogP contribution in [0.5, 0.6) is 5.75 Å². The van der Waals surface area contributed by atoms with Gasteiger partial charge in [-0.3, -0.25) is 4.68 Å². The Bertz CT molecular complexity index is 537. The van der Waals surface area contributed by atoms with Gasteiger partial charge in [0.15, 0.2) is 0 Å². The van der Waals surface area contributed by atoms with Gasteiger partial charge in [0, 0.05) is 7.05 Å². The fourth-order valence-electron chi connectivity index (χ4n) is 1.78. The predicted octanol–water partition coefficient (Wildman–Crippen LogP) is 2.72. The second-order valence-corrected chi connectivity index (χ2v) is 4.33. The zero-order valence-corrected chi connectivity index (χ0v) is 10.8. The lowest BCUT2D eigenvalue weighted by molar-refractivity contribution is -0.0498. The average Bonchev–Trinajstić information content (AvgIpc) is 2.68. The van der Waals surface area contributed by atoms with E-state index in [9.17, 15) is 8.78 Å². The zero-order chi connectivity index (χ0) is 14.0. The number of alkyl halides is 2. The number of halogens is 3. The van der Waals surface area contributed by atoms with Gasteiger partial charge in [-0.2, -0.15) is 13.9 Å². The number of aryl methyl sites for hydroxylation is 1. The SMILES string of the molecule is Cn1ncc(Cl)c1C(N)c1ccc(OC(F)F)cc1. The van der Waals surface area contributed by atoms with E-state index in [4.69, 9.17) is 17.3 Å². The quantitative estimate of drug-likeness (QED) is 0.941. The highest BCUT2D eigenvalue weighted by Gasteiger charge is 2.17. The van der Waals surface area contributed by atoms with Crippen molar-refractivity contribution in [3.8, 4) is 5.75 Å². The Hall–Kier alpha value is -1.66. The molecule has 102 valence electrons. The van der Waals surface area contributed by atoms with E-state index in [0.717, 1.165) is 5.56 Å². The van der Waals surface area contributed by atoms with Crippen molar-refractivity contribution >= 4 is 11.6 Å². The third-order valence-corrected chi connectivity index (χ3v) is 2.99. The summed E-state index contributed by atoms with van der Waals surface area (Å²) in [6, 6.07) is 5.62. The van der Waals surface area contributed by atoms with Crippen molar-refractivity contribution in [2.75, 3.05) is 0 Å². The van der Waals surface area contributed by atoms with Gasteiger partial charge in [0.05, 0.1) is 23.0 Å². The van der Waals surface area contributed by atoms with Crippen molar-refractivity contribution in [2.24, 2.45) is 12.8 Å². The van der Waals surface area contributed by atoms with E-state index in [1.165, 1.54) is 18.3 Å². The van der Waals surface area contributed by atoms with Crippen molar-refractivity contribution in [3.05, 3.63) is 46.7 Å². The van der Waals surface area contributed by atoms with E-state index in [1.54, 1.807) is 23.9 Å². The summed E-state index contributed by atoms with van der Waals surface area (Å²) in [6.07, 6.45) is 1.50. The van der Waals surface area contributed by atoms with Crippen LogP contribution in [0.25, 0.3) is 0 Å². The lowest BCUT2D eigenvalue weighted by Crippen LogP contribution is -2.16. The first-order valence-electron chi connectivity index (χ1n) is 5.46. The number of nitrogens with two attached hydrogens (primary N) is 1. The van der Waals surface area contributed by atoms with Gasteiger partial charge in [0.25, 0.3) is 0 Å². The summed E-state index contributed by atoms with van der Waals surface area (Å²) in [5.41, 5.74) is 7.46. The minimum atomic E-state index is -2.84. The molecule has 1 unspecified atom stereocenters. The largest absolute Gasteiger partial charge is 0.435 e. The fraction of sp³-hybridized carbons (Fsp3) is 0.250. The van der Waals surface area contributed by atoms with Crippen molar-refractivity contribution < 1.29 is 13.5 Å². The van der Waals surface area contributed by atoms with Crippen LogP contribution < -0.4 is 10.5 Å². The summed E-state index contributed by atoms with van der Waals surface area (Å²) < 4.78 is 29.9. The maximum absolute atomic E-state index is 12.0.